The maximum atomic E-state index is 4.18. The van der Waals surface area contributed by atoms with Crippen LogP contribution >= 0.6 is 0 Å². The predicted molar refractivity (Wildman–Crippen MR) is 92.7 cm³/mol. The molecular weight excluding hydrogens is 300 g/mol. The van der Waals surface area contributed by atoms with Gasteiger partial charge in [0.1, 0.15) is 6.33 Å². The van der Waals surface area contributed by atoms with Crippen LogP contribution in [0.25, 0.3) is 17.1 Å². The molecule has 0 atom stereocenters. The van der Waals surface area contributed by atoms with Crippen molar-refractivity contribution in [1.82, 2.24) is 24.7 Å². The number of hydrogen-bond acceptors (Lipinski definition) is 4. The Balaban J connectivity index is 1.44. The fraction of sp³-hybridized carbons (Fsp3) is 0.0556. The van der Waals surface area contributed by atoms with Crippen molar-refractivity contribution >= 4 is 5.69 Å². The smallest absolute Gasteiger partial charge is 0.155 e. The van der Waals surface area contributed by atoms with E-state index in [9.17, 15) is 0 Å². The fourth-order valence-electron chi connectivity index (χ4n) is 2.52. The lowest BCUT2D eigenvalue weighted by atomic mass is 10.1. The molecule has 24 heavy (non-hydrogen) atoms. The summed E-state index contributed by atoms with van der Waals surface area (Å²) in [4.78, 5) is 8.24. The number of hydrogen-bond donors (Lipinski definition) is 2. The molecule has 0 amide bonds. The van der Waals surface area contributed by atoms with Gasteiger partial charge in [0.15, 0.2) is 5.82 Å². The minimum absolute atomic E-state index is 0.754. The van der Waals surface area contributed by atoms with Crippen LogP contribution in [-0.2, 0) is 6.54 Å². The molecule has 0 radical (unpaired) electrons. The number of rotatable bonds is 5. The van der Waals surface area contributed by atoms with E-state index in [1.165, 1.54) is 11.9 Å². The highest BCUT2D eigenvalue weighted by Crippen LogP contribution is 2.19. The number of nitrogens with one attached hydrogen (secondary N) is 2. The second-order valence-corrected chi connectivity index (χ2v) is 5.40. The average Bonchev–Trinajstić information content (AvgIpc) is 3.34. The van der Waals surface area contributed by atoms with Gasteiger partial charge in [0.2, 0.25) is 0 Å². The van der Waals surface area contributed by atoms with Gasteiger partial charge >= 0.3 is 0 Å². The summed E-state index contributed by atoms with van der Waals surface area (Å²) in [6.45, 7) is 0.754. The summed E-state index contributed by atoms with van der Waals surface area (Å²) in [6, 6.07) is 16.5. The molecule has 6 heteroatoms. The molecule has 0 fully saturated rings. The molecule has 0 bridgehead atoms. The highest BCUT2D eigenvalue weighted by molar-refractivity contribution is 5.62. The number of H-pyrrole nitrogens is 1. The summed E-state index contributed by atoms with van der Waals surface area (Å²) < 4.78 is 1.98. The minimum Gasteiger partial charge on any atom is -0.381 e. The first-order valence-electron chi connectivity index (χ1n) is 7.65. The molecule has 2 heterocycles. The quantitative estimate of drug-likeness (QED) is 0.593. The molecule has 0 aliphatic heterocycles. The van der Waals surface area contributed by atoms with E-state index in [-0.39, 0.29) is 0 Å². The largest absolute Gasteiger partial charge is 0.381 e. The van der Waals surface area contributed by atoms with Crippen molar-refractivity contribution in [1.29, 1.82) is 0 Å². The molecule has 0 saturated heterocycles. The third-order valence-electron chi connectivity index (χ3n) is 3.79. The van der Waals surface area contributed by atoms with E-state index in [1.807, 2.05) is 29.0 Å². The number of anilines is 1. The summed E-state index contributed by atoms with van der Waals surface area (Å²) in [5, 5.41) is 10.2. The van der Waals surface area contributed by atoms with Gasteiger partial charge in [-0.1, -0.05) is 24.3 Å². The number of benzene rings is 2. The van der Waals surface area contributed by atoms with Crippen LogP contribution in [0.2, 0.25) is 0 Å². The molecule has 0 saturated carbocycles. The number of aromatic nitrogens is 5. The zero-order chi connectivity index (χ0) is 16.2. The first-order chi connectivity index (χ1) is 11.9. The third kappa shape index (κ3) is 3.03. The Bertz CT molecular complexity index is 895. The Labute approximate surface area is 139 Å². The molecule has 2 aromatic heterocycles. The molecule has 4 aromatic rings. The maximum absolute atomic E-state index is 4.18. The Morgan fingerprint density at radius 2 is 2.00 bits per heavy atom. The Morgan fingerprint density at radius 1 is 1.08 bits per heavy atom. The van der Waals surface area contributed by atoms with Gasteiger partial charge in [-0.2, -0.15) is 5.10 Å². The molecule has 2 N–H and O–H groups in total. The average molecular weight is 316 g/mol. The third-order valence-corrected chi connectivity index (χ3v) is 3.79. The predicted octanol–water partition coefficient (Wildman–Crippen LogP) is 3.27. The molecule has 0 aliphatic rings. The van der Waals surface area contributed by atoms with E-state index < -0.39 is 0 Å². The van der Waals surface area contributed by atoms with E-state index in [0.29, 0.717) is 0 Å². The van der Waals surface area contributed by atoms with Crippen molar-refractivity contribution in [2.24, 2.45) is 0 Å². The molecule has 4 rings (SSSR count). The van der Waals surface area contributed by atoms with Gasteiger partial charge in [-0.05, 0) is 29.8 Å². The van der Waals surface area contributed by atoms with E-state index in [0.717, 1.165) is 29.3 Å². The lowest BCUT2D eigenvalue weighted by Crippen LogP contribution is -2.00. The molecule has 0 spiro atoms. The van der Waals surface area contributed by atoms with Crippen molar-refractivity contribution in [3.8, 4) is 17.1 Å². The van der Waals surface area contributed by atoms with Gasteiger partial charge in [-0.25, -0.2) is 9.97 Å². The van der Waals surface area contributed by atoms with Crippen LogP contribution in [0.15, 0.2) is 73.6 Å². The first kappa shape index (κ1) is 14.2. The van der Waals surface area contributed by atoms with Crippen molar-refractivity contribution in [3.63, 3.8) is 0 Å². The Morgan fingerprint density at radius 3 is 2.75 bits per heavy atom. The van der Waals surface area contributed by atoms with Gasteiger partial charge in [0, 0.05) is 35.9 Å². The Kier molecular flexibility index (Phi) is 3.77. The van der Waals surface area contributed by atoms with Gasteiger partial charge in [0.25, 0.3) is 0 Å². The number of aromatic amines is 1. The van der Waals surface area contributed by atoms with Crippen LogP contribution in [0.5, 0.6) is 0 Å². The highest BCUT2D eigenvalue weighted by atomic mass is 15.2. The molecule has 118 valence electrons. The molecule has 0 unspecified atom stereocenters. The van der Waals surface area contributed by atoms with Crippen LogP contribution in [0.4, 0.5) is 5.69 Å². The second kappa shape index (κ2) is 6.37. The van der Waals surface area contributed by atoms with Crippen molar-refractivity contribution in [2.75, 3.05) is 5.32 Å². The molecule has 2 aromatic carbocycles. The standard InChI is InChI=1S/C18H16N6/c1-2-15(18-21-12-22-23-18)10-16(3-1)20-11-14-4-6-17(7-5-14)24-9-8-19-13-24/h1-10,12-13,20H,11H2,(H,21,22,23). The minimum atomic E-state index is 0.754. The summed E-state index contributed by atoms with van der Waals surface area (Å²) in [7, 11) is 0. The number of imidazole rings is 1. The Hall–Kier alpha value is -3.41. The van der Waals surface area contributed by atoms with Gasteiger partial charge < -0.3 is 9.88 Å². The lowest BCUT2D eigenvalue weighted by molar-refractivity contribution is 1.05. The first-order valence-corrected chi connectivity index (χ1v) is 7.65. The lowest BCUT2D eigenvalue weighted by Gasteiger charge is -2.09. The molecule has 6 nitrogen and oxygen atoms in total. The van der Waals surface area contributed by atoms with Crippen LogP contribution in [0.3, 0.4) is 0 Å². The maximum Gasteiger partial charge on any atom is 0.155 e. The zero-order valence-corrected chi connectivity index (χ0v) is 12.9. The second-order valence-electron chi connectivity index (χ2n) is 5.40. The summed E-state index contributed by atoms with van der Waals surface area (Å²) in [5.74, 6) is 0.767. The van der Waals surface area contributed by atoms with Crippen LogP contribution < -0.4 is 5.32 Å². The van der Waals surface area contributed by atoms with Crippen molar-refractivity contribution < 1.29 is 0 Å². The highest BCUT2D eigenvalue weighted by Gasteiger charge is 2.02. The SMILES string of the molecule is c1cc(NCc2ccc(-n3ccnc3)cc2)cc(-c2ncn[nH]2)c1. The summed E-state index contributed by atoms with van der Waals surface area (Å²) in [5.41, 5.74) is 4.36. The zero-order valence-electron chi connectivity index (χ0n) is 12.9. The monoisotopic (exact) mass is 316 g/mol. The summed E-state index contributed by atoms with van der Waals surface area (Å²) >= 11 is 0. The van der Waals surface area contributed by atoms with E-state index in [2.05, 4.69) is 55.8 Å². The fourth-order valence-corrected chi connectivity index (χ4v) is 2.52. The van der Waals surface area contributed by atoms with Gasteiger partial charge in [-0.3, -0.25) is 5.10 Å². The van der Waals surface area contributed by atoms with Gasteiger partial charge in [-0.15, -0.1) is 0 Å². The van der Waals surface area contributed by atoms with Gasteiger partial charge in [0.05, 0.1) is 6.33 Å². The van der Waals surface area contributed by atoms with E-state index in [4.69, 9.17) is 0 Å². The molecular formula is C18H16N6. The van der Waals surface area contributed by atoms with E-state index in [1.54, 1.807) is 12.5 Å². The van der Waals surface area contributed by atoms with Crippen LogP contribution in [0.1, 0.15) is 5.56 Å². The number of nitrogens with zero attached hydrogens (tertiary/aromatic N) is 4. The normalized spacial score (nSPS) is 10.7. The van der Waals surface area contributed by atoms with E-state index >= 15 is 0 Å². The summed E-state index contributed by atoms with van der Waals surface area (Å²) in [6.07, 6.45) is 7.01. The van der Waals surface area contributed by atoms with Crippen molar-refractivity contribution in [2.45, 2.75) is 6.54 Å². The van der Waals surface area contributed by atoms with Crippen LogP contribution in [-0.4, -0.2) is 24.7 Å². The van der Waals surface area contributed by atoms with Crippen LogP contribution in [0, 0.1) is 0 Å². The molecule has 0 aliphatic carbocycles. The van der Waals surface area contributed by atoms with Crippen molar-refractivity contribution in [3.05, 3.63) is 79.1 Å². The topological polar surface area (TPSA) is 71.4 Å².